The quantitative estimate of drug-likeness (QED) is 0.722. The summed E-state index contributed by atoms with van der Waals surface area (Å²) in [7, 11) is 0. The highest BCUT2D eigenvalue weighted by atomic mass is 35.5. The Morgan fingerprint density at radius 3 is 3.07 bits per heavy atom. The van der Waals surface area contributed by atoms with Crippen molar-refractivity contribution in [2.45, 2.75) is 18.9 Å². The average Bonchev–Trinajstić information content (AvgIpc) is 2.31. The van der Waals surface area contributed by atoms with Crippen LogP contribution in [0.4, 0.5) is 4.39 Å². The predicted molar refractivity (Wildman–Crippen MR) is 53.1 cm³/mol. The SMILES string of the molecule is N[C@H]1CCCOc2cc(F)c(Cl)cc21. The van der Waals surface area contributed by atoms with Crippen LogP contribution in [0.1, 0.15) is 24.4 Å². The highest BCUT2D eigenvalue weighted by Crippen LogP contribution is 2.33. The molecule has 1 aromatic carbocycles. The number of nitrogens with two attached hydrogens (primary N) is 1. The van der Waals surface area contributed by atoms with Gasteiger partial charge < -0.3 is 10.5 Å². The Balaban J connectivity index is 2.49. The van der Waals surface area contributed by atoms with E-state index in [1.54, 1.807) is 6.07 Å². The third kappa shape index (κ3) is 1.70. The van der Waals surface area contributed by atoms with Gasteiger partial charge in [0.15, 0.2) is 0 Å². The lowest BCUT2D eigenvalue weighted by atomic mass is 10.0. The molecule has 76 valence electrons. The lowest BCUT2D eigenvalue weighted by Crippen LogP contribution is -2.09. The molecule has 0 unspecified atom stereocenters. The second-order valence-corrected chi connectivity index (χ2v) is 3.81. The van der Waals surface area contributed by atoms with Crippen molar-refractivity contribution < 1.29 is 9.13 Å². The zero-order valence-electron chi connectivity index (χ0n) is 7.59. The normalized spacial score (nSPS) is 20.9. The smallest absolute Gasteiger partial charge is 0.145 e. The maximum atomic E-state index is 13.1. The Morgan fingerprint density at radius 1 is 1.50 bits per heavy atom. The summed E-state index contributed by atoms with van der Waals surface area (Å²) in [6.07, 6.45) is 1.73. The van der Waals surface area contributed by atoms with Crippen LogP contribution in [0.5, 0.6) is 5.75 Å². The van der Waals surface area contributed by atoms with Crippen LogP contribution in [0, 0.1) is 5.82 Å². The summed E-state index contributed by atoms with van der Waals surface area (Å²) >= 11 is 5.68. The predicted octanol–water partition coefficient (Wildman–Crippen LogP) is 2.65. The zero-order valence-corrected chi connectivity index (χ0v) is 8.35. The molecule has 0 bridgehead atoms. The van der Waals surface area contributed by atoms with E-state index in [1.807, 2.05) is 0 Å². The van der Waals surface area contributed by atoms with Gasteiger partial charge in [0.05, 0.1) is 11.6 Å². The number of hydrogen-bond donors (Lipinski definition) is 1. The number of benzene rings is 1. The lowest BCUT2D eigenvalue weighted by molar-refractivity contribution is 0.314. The van der Waals surface area contributed by atoms with Gasteiger partial charge in [-0.05, 0) is 18.9 Å². The summed E-state index contributed by atoms with van der Waals surface area (Å²) in [4.78, 5) is 0. The van der Waals surface area contributed by atoms with Crippen molar-refractivity contribution in [2.24, 2.45) is 5.73 Å². The molecular weight excluding hydrogens is 205 g/mol. The molecule has 0 saturated heterocycles. The molecule has 2 N–H and O–H groups in total. The van der Waals surface area contributed by atoms with Gasteiger partial charge in [0.1, 0.15) is 11.6 Å². The first kappa shape index (κ1) is 9.74. The molecule has 14 heavy (non-hydrogen) atoms. The van der Waals surface area contributed by atoms with Crippen molar-refractivity contribution in [2.75, 3.05) is 6.61 Å². The highest BCUT2D eigenvalue weighted by Gasteiger charge is 2.18. The van der Waals surface area contributed by atoms with Gasteiger partial charge in [-0.3, -0.25) is 0 Å². The van der Waals surface area contributed by atoms with Crippen molar-refractivity contribution in [1.29, 1.82) is 0 Å². The molecule has 1 aliphatic rings. The maximum Gasteiger partial charge on any atom is 0.145 e. The molecule has 0 fully saturated rings. The van der Waals surface area contributed by atoms with Crippen LogP contribution in [-0.2, 0) is 0 Å². The van der Waals surface area contributed by atoms with Crippen LogP contribution in [0.15, 0.2) is 12.1 Å². The van der Waals surface area contributed by atoms with Gasteiger partial charge in [-0.1, -0.05) is 11.6 Å². The van der Waals surface area contributed by atoms with Gasteiger partial charge in [0.25, 0.3) is 0 Å². The average molecular weight is 216 g/mol. The standard InChI is InChI=1S/C10H11ClFNO/c11-7-4-6-9(13)2-1-3-14-10(6)5-8(7)12/h4-5,9H,1-3,13H2/t9-/m0/s1. The molecule has 0 aliphatic carbocycles. The van der Waals surface area contributed by atoms with Gasteiger partial charge in [-0.2, -0.15) is 0 Å². The molecule has 1 aliphatic heterocycles. The highest BCUT2D eigenvalue weighted by molar-refractivity contribution is 6.30. The minimum atomic E-state index is -0.459. The van der Waals surface area contributed by atoms with Crippen molar-refractivity contribution >= 4 is 11.6 Å². The number of halogens is 2. The van der Waals surface area contributed by atoms with Crippen LogP contribution in [0.25, 0.3) is 0 Å². The summed E-state index contributed by atoms with van der Waals surface area (Å²) in [5, 5.41) is 0.102. The van der Waals surface area contributed by atoms with E-state index < -0.39 is 5.82 Å². The van der Waals surface area contributed by atoms with E-state index in [9.17, 15) is 4.39 Å². The molecule has 1 aromatic rings. The molecule has 0 spiro atoms. The molecule has 2 nitrogen and oxygen atoms in total. The summed E-state index contributed by atoms with van der Waals surface area (Å²) in [5.41, 5.74) is 6.70. The first-order valence-electron chi connectivity index (χ1n) is 4.56. The van der Waals surface area contributed by atoms with E-state index in [0.29, 0.717) is 12.4 Å². The monoisotopic (exact) mass is 215 g/mol. The van der Waals surface area contributed by atoms with Crippen LogP contribution in [-0.4, -0.2) is 6.61 Å². The summed E-state index contributed by atoms with van der Waals surface area (Å²) in [6, 6.07) is 2.76. The van der Waals surface area contributed by atoms with Crippen LogP contribution < -0.4 is 10.5 Å². The molecule has 2 rings (SSSR count). The van der Waals surface area contributed by atoms with E-state index in [4.69, 9.17) is 22.1 Å². The second-order valence-electron chi connectivity index (χ2n) is 3.40. The van der Waals surface area contributed by atoms with Crippen LogP contribution in [0.2, 0.25) is 5.02 Å². The Kier molecular flexibility index (Phi) is 2.61. The van der Waals surface area contributed by atoms with E-state index in [0.717, 1.165) is 18.4 Å². The number of fused-ring (bicyclic) bond motifs is 1. The van der Waals surface area contributed by atoms with Gasteiger partial charge in [-0.25, -0.2) is 4.39 Å². The molecule has 0 radical (unpaired) electrons. The van der Waals surface area contributed by atoms with E-state index in [-0.39, 0.29) is 11.1 Å². The van der Waals surface area contributed by atoms with E-state index in [1.165, 1.54) is 6.07 Å². The minimum absolute atomic E-state index is 0.102. The Morgan fingerprint density at radius 2 is 2.29 bits per heavy atom. The van der Waals surface area contributed by atoms with Crippen LogP contribution >= 0.6 is 11.6 Å². The Bertz CT molecular complexity index is 356. The van der Waals surface area contributed by atoms with Crippen molar-refractivity contribution in [3.8, 4) is 5.75 Å². The van der Waals surface area contributed by atoms with Crippen molar-refractivity contribution in [3.05, 3.63) is 28.5 Å². The molecule has 1 heterocycles. The summed E-state index contributed by atoms with van der Waals surface area (Å²) < 4.78 is 18.5. The number of rotatable bonds is 0. The molecule has 0 amide bonds. The minimum Gasteiger partial charge on any atom is -0.493 e. The third-order valence-corrected chi connectivity index (χ3v) is 2.66. The number of ether oxygens (including phenoxy) is 1. The topological polar surface area (TPSA) is 35.2 Å². The molecule has 1 atom stereocenters. The fraction of sp³-hybridized carbons (Fsp3) is 0.400. The maximum absolute atomic E-state index is 13.1. The largest absolute Gasteiger partial charge is 0.493 e. The molecule has 0 aromatic heterocycles. The third-order valence-electron chi connectivity index (χ3n) is 2.37. The van der Waals surface area contributed by atoms with Gasteiger partial charge in [0, 0.05) is 17.7 Å². The van der Waals surface area contributed by atoms with Gasteiger partial charge in [0.2, 0.25) is 0 Å². The molecule has 0 saturated carbocycles. The van der Waals surface area contributed by atoms with Gasteiger partial charge in [-0.15, -0.1) is 0 Å². The van der Waals surface area contributed by atoms with Crippen molar-refractivity contribution in [3.63, 3.8) is 0 Å². The zero-order chi connectivity index (χ0) is 10.1. The molecule has 4 heteroatoms. The fourth-order valence-corrected chi connectivity index (χ4v) is 1.77. The van der Waals surface area contributed by atoms with Gasteiger partial charge >= 0.3 is 0 Å². The molecular formula is C10H11ClFNO. The van der Waals surface area contributed by atoms with E-state index >= 15 is 0 Å². The van der Waals surface area contributed by atoms with Crippen LogP contribution in [0.3, 0.4) is 0 Å². The fourth-order valence-electron chi connectivity index (χ4n) is 1.60. The first-order chi connectivity index (χ1) is 6.68. The second kappa shape index (κ2) is 3.75. The summed E-state index contributed by atoms with van der Waals surface area (Å²) in [6.45, 7) is 0.585. The Hall–Kier alpha value is -0.800. The van der Waals surface area contributed by atoms with E-state index in [2.05, 4.69) is 0 Å². The van der Waals surface area contributed by atoms with Crippen molar-refractivity contribution in [1.82, 2.24) is 0 Å². The first-order valence-corrected chi connectivity index (χ1v) is 4.93. The number of hydrogen-bond acceptors (Lipinski definition) is 2. The lowest BCUT2D eigenvalue weighted by Gasteiger charge is -2.12. The summed E-state index contributed by atoms with van der Waals surface area (Å²) in [5.74, 6) is 0.0661. The Labute approximate surface area is 86.8 Å².